The third kappa shape index (κ3) is 4.10. The van der Waals surface area contributed by atoms with Crippen molar-refractivity contribution in [3.8, 4) is 11.6 Å². The fourth-order valence-corrected chi connectivity index (χ4v) is 2.14. The number of hydrogen-bond acceptors (Lipinski definition) is 3. The van der Waals surface area contributed by atoms with Crippen LogP contribution in [-0.2, 0) is 0 Å². The first-order valence-electron chi connectivity index (χ1n) is 7.18. The molecule has 3 aromatic rings. The lowest BCUT2D eigenvalue weighted by molar-refractivity contribution is 0.102. The Morgan fingerprint density at radius 1 is 1.04 bits per heavy atom. The van der Waals surface area contributed by atoms with Crippen molar-refractivity contribution in [1.29, 1.82) is 0 Å². The second-order valence-electron chi connectivity index (χ2n) is 5.00. The van der Waals surface area contributed by atoms with Crippen LogP contribution in [0.1, 0.15) is 10.4 Å². The molecule has 2 aromatic carbocycles. The van der Waals surface area contributed by atoms with Crippen LogP contribution in [0.2, 0.25) is 5.02 Å². The van der Waals surface area contributed by atoms with E-state index in [0.717, 1.165) is 6.07 Å². The summed E-state index contributed by atoms with van der Waals surface area (Å²) in [6, 6.07) is 13.2. The Bertz CT molecular complexity index is 900. The van der Waals surface area contributed by atoms with E-state index in [1.807, 2.05) is 0 Å². The second kappa shape index (κ2) is 7.27. The number of rotatable bonds is 4. The Kier molecular flexibility index (Phi) is 4.90. The van der Waals surface area contributed by atoms with Crippen molar-refractivity contribution in [1.82, 2.24) is 4.98 Å². The fraction of sp³-hybridized carbons (Fsp3) is 0. The van der Waals surface area contributed by atoms with Crippen LogP contribution in [0, 0.1) is 11.6 Å². The molecule has 0 saturated heterocycles. The van der Waals surface area contributed by atoms with E-state index in [1.165, 1.54) is 30.5 Å². The average molecular weight is 361 g/mol. The maximum atomic E-state index is 13.6. The van der Waals surface area contributed by atoms with Gasteiger partial charge in [0.2, 0.25) is 5.88 Å². The molecule has 0 aliphatic rings. The number of anilines is 1. The highest BCUT2D eigenvalue weighted by molar-refractivity contribution is 6.30. The quantitative estimate of drug-likeness (QED) is 0.707. The van der Waals surface area contributed by atoms with E-state index in [2.05, 4.69) is 10.3 Å². The highest BCUT2D eigenvalue weighted by Gasteiger charge is 2.15. The molecule has 3 rings (SSSR count). The van der Waals surface area contributed by atoms with Crippen LogP contribution in [0.25, 0.3) is 0 Å². The number of hydrogen-bond donors (Lipinski definition) is 1. The highest BCUT2D eigenvalue weighted by atomic mass is 35.5. The second-order valence-corrected chi connectivity index (χ2v) is 5.43. The molecule has 0 fully saturated rings. The maximum Gasteiger partial charge on any atom is 0.258 e. The Labute approximate surface area is 147 Å². The number of halogens is 3. The van der Waals surface area contributed by atoms with Gasteiger partial charge in [-0.2, -0.15) is 0 Å². The summed E-state index contributed by atoms with van der Waals surface area (Å²) in [5.41, 5.74) is -0.0707. The van der Waals surface area contributed by atoms with Crippen LogP contribution < -0.4 is 10.1 Å². The molecule has 0 aliphatic heterocycles. The van der Waals surface area contributed by atoms with Crippen molar-refractivity contribution in [2.24, 2.45) is 0 Å². The van der Waals surface area contributed by atoms with Crippen LogP contribution in [0.3, 0.4) is 0 Å². The lowest BCUT2D eigenvalue weighted by Crippen LogP contribution is -2.14. The summed E-state index contributed by atoms with van der Waals surface area (Å²) in [5.74, 6) is -2.20. The first kappa shape index (κ1) is 16.9. The number of nitrogens with zero attached hydrogens (tertiary/aromatic N) is 1. The van der Waals surface area contributed by atoms with Crippen LogP contribution in [-0.4, -0.2) is 10.9 Å². The van der Waals surface area contributed by atoms with Gasteiger partial charge in [0.25, 0.3) is 5.91 Å². The summed E-state index contributed by atoms with van der Waals surface area (Å²) in [7, 11) is 0. The van der Waals surface area contributed by atoms with Crippen molar-refractivity contribution in [3.05, 3.63) is 83.0 Å². The molecular weight excluding hydrogens is 350 g/mol. The number of nitrogens with one attached hydrogen (secondary N) is 1. The molecule has 0 unspecified atom stereocenters. The maximum absolute atomic E-state index is 13.6. The summed E-state index contributed by atoms with van der Waals surface area (Å²) < 4.78 is 32.3. The van der Waals surface area contributed by atoms with E-state index >= 15 is 0 Å². The minimum atomic E-state index is -1.20. The van der Waals surface area contributed by atoms with Crippen LogP contribution in [0.15, 0.2) is 60.8 Å². The fourth-order valence-electron chi connectivity index (χ4n) is 2.02. The van der Waals surface area contributed by atoms with Gasteiger partial charge in [0, 0.05) is 11.1 Å². The standard InChI is InChI=1S/C18H11ClF2N2O2/c19-11-4-7-13(8-5-11)25-16-9-6-12(10-22-16)23-18(24)14-2-1-3-15(20)17(14)21/h1-10H,(H,23,24). The monoisotopic (exact) mass is 360 g/mol. The predicted octanol–water partition coefficient (Wildman–Crippen LogP) is 5.06. The van der Waals surface area contributed by atoms with Crippen molar-refractivity contribution in [2.75, 3.05) is 5.32 Å². The minimum absolute atomic E-state index is 0.303. The normalized spacial score (nSPS) is 10.4. The summed E-state index contributed by atoms with van der Waals surface area (Å²) in [4.78, 5) is 16.1. The van der Waals surface area contributed by atoms with E-state index in [0.29, 0.717) is 22.3 Å². The molecule has 0 aliphatic carbocycles. The summed E-state index contributed by atoms with van der Waals surface area (Å²) in [5, 5.41) is 3.03. The topological polar surface area (TPSA) is 51.2 Å². The number of amides is 1. The van der Waals surface area contributed by atoms with Crippen LogP contribution in [0.5, 0.6) is 11.6 Å². The lowest BCUT2D eigenvalue weighted by atomic mass is 10.2. The molecule has 0 radical (unpaired) electrons. The Balaban J connectivity index is 1.69. The van der Waals surface area contributed by atoms with Crippen LogP contribution >= 0.6 is 11.6 Å². The predicted molar refractivity (Wildman–Crippen MR) is 90.1 cm³/mol. The van der Waals surface area contributed by atoms with E-state index in [-0.39, 0.29) is 5.56 Å². The number of ether oxygens (including phenoxy) is 1. The van der Waals surface area contributed by atoms with Crippen molar-refractivity contribution in [3.63, 3.8) is 0 Å². The Hall–Kier alpha value is -2.99. The van der Waals surface area contributed by atoms with E-state index in [9.17, 15) is 13.6 Å². The number of benzene rings is 2. The molecule has 0 saturated carbocycles. The van der Waals surface area contributed by atoms with E-state index in [4.69, 9.17) is 16.3 Å². The molecule has 1 aromatic heterocycles. The van der Waals surface area contributed by atoms with Gasteiger partial charge < -0.3 is 10.1 Å². The zero-order valence-corrected chi connectivity index (χ0v) is 13.4. The van der Waals surface area contributed by atoms with Gasteiger partial charge in [0.1, 0.15) is 5.75 Å². The number of aromatic nitrogens is 1. The molecular formula is C18H11ClF2N2O2. The van der Waals surface area contributed by atoms with Gasteiger partial charge in [0.05, 0.1) is 17.4 Å². The molecule has 1 heterocycles. The summed E-state index contributed by atoms with van der Waals surface area (Å²) >= 11 is 5.79. The van der Waals surface area contributed by atoms with E-state index < -0.39 is 17.5 Å². The van der Waals surface area contributed by atoms with Gasteiger partial charge in [-0.3, -0.25) is 4.79 Å². The Morgan fingerprint density at radius 2 is 1.80 bits per heavy atom. The molecule has 1 amide bonds. The molecule has 25 heavy (non-hydrogen) atoms. The average Bonchev–Trinajstić information content (AvgIpc) is 2.61. The van der Waals surface area contributed by atoms with Gasteiger partial charge >= 0.3 is 0 Å². The molecule has 0 spiro atoms. The number of carbonyl (C=O) groups excluding carboxylic acids is 1. The van der Waals surface area contributed by atoms with Crippen molar-refractivity contribution >= 4 is 23.2 Å². The molecule has 0 atom stereocenters. The van der Waals surface area contributed by atoms with Crippen LogP contribution in [0.4, 0.5) is 14.5 Å². The van der Waals surface area contributed by atoms with Gasteiger partial charge in [-0.1, -0.05) is 17.7 Å². The Morgan fingerprint density at radius 3 is 2.48 bits per heavy atom. The van der Waals surface area contributed by atoms with Gasteiger partial charge in [-0.15, -0.1) is 0 Å². The van der Waals surface area contributed by atoms with Gasteiger partial charge in [0.15, 0.2) is 11.6 Å². The summed E-state index contributed by atoms with van der Waals surface area (Å²) in [6.07, 6.45) is 1.35. The zero-order valence-electron chi connectivity index (χ0n) is 12.7. The van der Waals surface area contributed by atoms with Gasteiger partial charge in [-0.05, 0) is 42.5 Å². The number of carbonyl (C=O) groups is 1. The largest absolute Gasteiger partial charge is 0.439 e. The molecule has 1 N–H and O–H groups in total. The molecule has 7 heteroatoms. The highest BCUT2D eigenvalue weighted by Crippen LogP contribution is 2.22. The van der Waals surface area contributed by atoms with Crippen molar-refractivity contribution in [2.45, 2.75) is 0 Å². The summed E-state index contributed by atoms with van der Waals surface area (Å²) in [6.45, 7) is 0. The smallest absolute Gasteiger partial charge is 0.258 e. The minimum Gasteiger partial charge on any atom is -0.439 e. The zero-order chi connectivity index (χ0) is 17.8. The molecule has 4 nitrogen and oxygen atoms in total. The first-order valence-corrected chi connectivity index (χ1v) is 7.55. The van der Waals surface area contributed by atoms with E-state index in [1.54, 1.807) is 24.3 Å². The van der Waals surface area contributed by atoms with Gasteiger partial charge in [-0.25, -0.2) is 13.8 Å². The molecule has 0 bridgehead atoms. The SMILES string of the molecule is O=C(Nc1ccc(Oc2ccc(Cl)cc2)nc1)c1cccc(F)c1F. The molecule has 126 valence electrons. The third-order valence-electron chi connectivity index (χ3n) is 3.23. The third-order valence-corrected chi connectivity index (χ3v) is 3.48. The lowest BCUT2D eigenvalue weighted by Gasteiger charge is -2.08. The first-order chi connectivity index (χ1) is 12.0. The van der Waals surface area contributed by atoms with Crippen molar-refractivity contribution < 1.29 is 18.3 Å². The number of pyridine rings is 1.